The van der Waals surface area contributed by atoms with Gasteiger partial charge in [-0.25, -0.2) is 4.79 Å². The highest BCUT2D eigenvalue weighted by Crippen LogP contribution is 2.54. The summed E-state index contributed by atoms with van der Waals surface area (Å²) < 4.78 is 0.820. The topological polar surface area (TPSA) is 50.2 Å². The van der Waals surface area contributed by atoms with Gasteiger partial charge in [0, 0.05) is 21.5 Å². The maximum absolute atomic E-state index is 11.8. The molecule has 2 aliphatic rings. The van der Waals surface area contributed by atoms with Crippen molar-refractivity contribution in [3.8, 4) is 0 Å². The molecule has 1 fully saturated rings. The quantitative estimate of drug-likeness (QED) is 0.862. The number of benzene rings is 1. The summed E-state index contributed by atoms with van der Waals surface area (Å²) in [6.45, 7) is 0. The highest BCUT2D eigenvalue weighted by molar-refractivity contribution is 9.10. The van der Waals surface area contributed by atoms with Crippen molar-refractivity contribution in [3.05, 3.63) is 39.5 Å². The molecule has 1 aromatic heterocycles. The molecule has 0 aliphatic heterocycles. The Hall–Kier alpha value is -1.42. The van der Waals surface area contributed by atoms with Crippen LogP contribution in [0.5, 0.6) is 0 Å². The average molecular weight is 318 g/mol. The van der Waals surface area contributed by atoms with E-state index in [2.05, 4.69) is 15.9 Å². The Bertz CT molecular complexity index is 726. The zero-order valence-corrected chi connectivity index (χ0v) is 11.8. The molecule has 2 aromatic rings. The Kier molecular flexibility index (Phi) is 2.28. The van der Waals surface area contributed by atoms with Crippen LogP contribution in [0.3, 0.4) is 0 Å². The Morgan fingerprint density at radius 1 is 1.32 bits per heavy atom. The maximum Gasteiger partial charge on any atom is 0.336 e. The second-order valence-corrected chi connectivity index (χ2v) is 6.29. The Morgan fingerprint density at radius 2 is 2.11 bits per heavy atom. The minimum atomic E-state index is -0.830. The molecule has 0 radical (unpaired) electrons. The van der Waals surface area contributed by atoms with Crippen LogP contribution in [0.2, 0.25) is 0 Å². The maximum atomic E-state index is 11.8. The van der Waals surface area contributed by atoms with Crippen molar-refractivity contribution in [3.63, 3.8) is 0 Å². The first-order valence-corrected chi connectivity index (χ1v) is 7.31. The molecule has 2 atom stereocenters. The molecule has 4 rings (SSSR count). The molecule has 2 aliphatic carbocycles. The summed E-state index contributed by atoms with van der Waals surface area (Å²) in [4.78, 5) is 16.5. The lowest BCUT2D eigenvalue weighted by Crippen LogP contribution is -2.11. The van der Waals surface area contributed by atoms with Crippen molar-refractivity contribution >= 4 is 32.8 Å². The van der Waals surface area contributed by atoms with Gasteiger partial charge in [0.1, 0.15) is 0 Å². The average Bonchev–Trinajstić information content (AvgIpc) is 2.97. The number of rotatable bonds is 1. The summed E-state index contributed by atoms with van der Waals surface area (Å²) in [5.41, 5.74) is 3.31. The van der Waals surface area contributed by atoms with E-state index < -0.39 is 5.97 Å². The van der Waals surface area contributed by atoms with Crippen LogP contribution in [-0.2, 0) is 0 Å². The molecule has 0 saturated heterocycles. The molecular formula is C15H12BrNO2. The van der Waals surface area contributed by atoms with E-state index in [4.69, 9.17) is 4.98 Å². The largest absolute Gasteiger partial charge is 0.478 e. The van der Waals surface area contributed by atoms with Gasteiger partial charge in [0.15, 0.2) is 0 Å². The van der Waals surface area contributed by atoms with Gasteiger partial charge in [0.05, 0.1) is 11.1 Å². The van der Waals surface area contributed by atoms with E-state index in [1.165, 1.54) is 0 Å². The molecule has 0 amide bonds. The first-order chi connectivity index (χ1) is 9.16. The summed E-state index contributed by atoms with van der Waals surface area (Å²) in [6, 6.07) is 5.69. The van der Waals surface area contributed by atoms with E-state index in [1.54, 1.807) is 0 Å². The third-order valence-corrected chi connectivity index (χ3v) is 5.13. The van der Waals surface area contributed by atoms with E-state index in [0.717, 1.165) is 45.9 Å². The van der Waals surface area contributed by atoms with Crippen LogP contribution < -0.4 is 0 Å². The van der Waals surface area contributed by atoms with Crippen molar-refractivity contribution in [1.82, 2.24) is 4.98 Å². The van der Waals surface area contributed by atoms with Crippen LogP contribution in [-0.4, -0.2) is 16.1 Å². The van der Waals surface area contributed by atoms with Gasteiger partial charge < -0.3 is 5.11 Å². The molecular weight excluding hydrogens is 306 g/mol. The second kappa shape index (κ2) is 3.79. The van der Waals surface area contributed by atoms with Gasteiger partial charge in [-0.05, 0) is 42.9 Å². The number of hydrogen-bond donors (Lipinski definition) is 1. The zero-order valence-electron chi connectivity index (χ0n) is 10.2. The van der Waals surface area contributed by atoms with Gasteiger partial charge in [0.2, 0.25) is 0 Å². The van der Waals surface area contributed by atoms with E-state index in [-0.39, 0.29) is 0 Å². The minimum Gasteiger partial charge on any atom is -0.478 e. The number of hydrogen-bond acceptors (Lipinski definition) is 2. The van der Waals surface area contributed by atoms with Crippen LogP contribution in [0.25, 0.3) is 10.9 Å². The number of halogens is 1. The Labute approximate surface area is 118 Å². The highest BCUT2D eigenvalue weighted by Gasteiger charge is 2.41. The molecule has 2 unspecified atom stereocenters. The van der Waals surface area contributed by atoms with E-state index in [9.17, 15) is 9.90 Å². The van der Waals surface area contributed by atoms with E-state index in [1.807, 2.05) is 18.2 Å². The van der Waals surface area contributed by atoms with Crippen molar-refractivity contribution in [2.24, 2.45) is 0 Å². The predicted molar refractivity (Wildman–Crippen MR) is 75.7 cm³/mol. The molecule has 4 heteroatoms. The Morgan fingerprint density at radius 3 is 2.89 bits per heavy atom. The summed E-state index contributed by atoms with van der Waals surface area (Å²) in [7, 11) is 0. The van der Waals surface area contributed by atoms with E-state index in [0.29, 0.717) is 17.4 Å². The summed E-state index contributed by atoms with van der Waals surface area (Å²) >= 11 is 3.47. The number of aromatic carboxylic acids is 1. The number of carboxylic acids is 1. The molecule has 96 valence electrons. The van der Waals surface area contributed by atoms with Crippen LogP contribution in [0, 0.1) is 0 Å². The summed E-state index contributed by atoms with van der Waals surface area (Å²) in [5, 5.41) is 10.4. The highest BCUT2D eigenvalue weighted by atomic mass is 79.9. The third-order valence-electron chi connectivity index (χ3n) is 4.47. The van der Waals surface area contributed by atoms with Gasteiger partial charge in [-0.2, -0.15) is 0 Å². The fraction of sp³-hybridized carbons (Fsp3) is 0.333. The lowest BCUT2D eigenvalue weighted by Gasteiger charge is -2.18. The van der Waals surface area contributed by atoms with Crippen molar-refractivity contribution < 1.29 is 9.90 Å². The van der Waals surface area contributed by atoms with Crippen LogP contribution in [0.1, 0.15) is 52.7 Å². The second-order valence-electron chi connectivity index (χ2n) is 5.43. The van der Waals surface area contributed by atoms with Crippen molar-refractivity contribution in [1.29, 1.82) is 0 Å². The van der Waals surface area contributed by atoms with Gasteiger partial charge in [0.25, 0.3) is 0 Å². The SMILES string of the molecule is O=C(O)c1c2c(nc3cccc(Br)c13)C1CCC2C1. The molecule has 19 heavy (non-hydrogen) atoms. The molecule has 1 aromatic carbocycles. The van der Waals surface area contributed by atoms with Gasteiger partial charge in [-0.3, -0.25) is 4.98 Å². The van der Waals surface area contributed by atoms with Gasteiger partial charge >= 0.3 is 5.97 Å². The third kappa shape index (κ3) is 1.43. The number of nitrogens with zero attached hydrogens (tertiary/aromatic N) is 1. The molecule has 0 spiro atoms. The smallest absolute Gasteiger partial charge is 0.336 e. The molecule has 1 heterocycles. The molecule has 1 N–H and O–H groups in total. The number of carbonyl (C=O) groups is 1. The lowest BCUT2D eigenvalue weighted by atomic mass is 9.89. The lowest BCUT2D eigenvalue weighted by molar-refractivity contribution is 0.0697. The number of fused-ring (bicyclic) bond motifs is 6. The molecule has 3 nitrogen and oxygen atoms in total. The van der Waals surface area contributed by atoms with Crippen LogP contribution >= 0.6 is 15.9 Å². The van der Waals surface area contributed by atoms with Crippen molar-refractivity contribution in [2.75, 3.05) is 0 Å². The number of carboxylic acid groups (broad SMARTS) is 1. The molecule has 2 bridgehead atoms. The number of aromatic nitrogens is 1. The van der Waals surface area contributed by atoms with Crippen molar-refractivity contribution in [2.45, 2.75) is 31.1 Å². The minimum absolute atomic E-state index is 0.398. The fourth-order valence-corrected chi connectivity index (χ4v) is 4.30. The van der Waals surface area contributed by atoms with Crippen LogP contribution in [0.15, 0.2) is 22.7 Å². The standard InChI is InChI=1S/C15H12BrNO2/c16-9-2-1-3-10-12(9)13(15(18)19)11-7-4-5-8(6-7)14(11)17-10/h1-3,7-8H,4-6H2,(H,18,19). The normalized spacial score (nSPS) is 23.8. The fourth-order valence-electron chi connectivity index (χ4n) is 3.74. The van der Waals surface area contributed by atoms with Gasteiger partial charge in [-0.15, -0.1) is 0 Å². The number of pyridine rings is 1. The zero-order chi connectivity index (χ0) is 13.1. The summed E-state index contributed by atoms with van der Waals surface area (Å²) in [6.07, 6.45) is 3.34. The predicted octanol–water partition coefficient (Wildman–Crippen LogP) is 4.06. The molecule has 1 saturated carbocycles. The van der Waals surface area contributed by atoms with Gasteiger partial charge in [-0.1, -0.05) is 22.0 Å². The van der Waals surface area contributed by atoms with Crippen LogP contribution in [0.4, 0.5) is 0 Å². The first kappa shape index (κ1) is 11.4. The first-order valence-electron chi connectivity index (χ1n) is 6.52. The summed E-state index contributed by atoms with van der Waals surface area (Å²) in [5.74, 6) is 0.0414. The Balaban J connectivity index is 2.18. The monoisotopic (exact) mass is 317 g/mol. The van der Waals surface area contributed by atoms with E-state index >= 15 is 0 Å².